The molecule has 0 aliphatic heterocycles. The van der Waals surface area contributed by atoms with Crippen LogP contribution in [0.2, 0.25) is 0 Å². The summed E-state index contributed by atoms with van der Waals surface area (Å²) in [5, 5.41) is 10.1. The fourth-order valence-corrected chi connectivity index (χ4v) is 3.97. The summed E-state index contributed by atoms with van der Waals surface area (Å²) < 4.78 is 0. The highest BCUT2D eigenvalue weighted by atomic mass is 16.4. The van der Waals surface area contributed by atoms with Crippen LogP contribution >= 0.6 is 0 Å². The molecule has 2 nitrogen and oxygen atoms in total. The topological polar surface area (TPSA) is 37.3 Å². The second-order valence-electron chi connectivity index (χ2n) is 6.43. The van der Waals surface area contributed by atoms with E-state index in [1.165, 1.54) is 19.3 Å². The predicted molar refractivity (Wildman–Crippen MR) is 86.5 cm³/mol. The summed E-state index contributed by atoms with van der Waals surface area (Å²) in [5.41, 5.74) is 0.345. The minimum Gasteiger partial charge on any atom is -0.481 e. The van der Waals surface area contributed by atoms with Gasteiger partial charge < -0.3 is 5.11 Å². The molecule has 2 heteroatoms. The average Bonchev–Trinajstić information content (AvgIpc) is 2.53. The zero-order chi connectivity index (χ0) is 15.1. The molecule has 116 valence electrons. The van der Waals surface area contributed by atoms with Crippen molar-refractivity contribution in [3.63, 3.8) is 0 Å². The summed E-state index contributed by atoms with van der Waals surface area (Å²) in [6.07, 6.45) is 9.79. The molecule has 0 spiro atoms. The number of benzene rings is 1. The molecule has 0 bridgehead atoms. The van der Waals surface area contributed by atoms with E-state index in [1.807, 2.05) is 30.3 Å². The maximum Gasteiger partial charge on any atom is 0.314 e. The zero-order valence-corrected chi connectivity index (χ0v) is 13.2. The van der Waals surface area contributed by atoms with Crippen LogP contribution in [0.3, 0.4) is 0 Å². The minimum absolute atomic E-state index is 0.294. The van der Waals surface area contributed by atoms with E-state index in [0.29, 0.717) is 5.92 Å². The first kappa shape index (κ1) is 16.1. The zero-order valence-electron chi connectivity index (χ0n) is 13.2. The maximum atomic E-state index is 12.3. The van der Waals surface area contributed by atoms with Crippen LogP contribution in [0.5, 0.6) is 0 Å². The summed E-state index contributed by atoms with van der Waals surface area (Å²) >= 11 is 0. The van der Waals surface area contributed by atoms with Gasteiger partial charge in [-0.05, 0) is 30.7 Å². The van der Waals surface area contributed by atoms with Crippen molar-refractivity contribution in [2.75, 3.05) is 0 Å². The van der Waals surface area contributed by atoms with Gasteiger partial charge in [0.15, 0.2) is 0 Å². The Morgan fingerprint density at radius 3 is 2.38 bits per heavy atom. The minimum atomic E-state index is -0.670. The summed E-state index contributed by atoms with van der Waals surface area (Å²) in [4.78, 5) is 12.3. The molecule has 2 rings (SSSR count). The van der Waals surface area contributed by atoms with Crippen molar-refractivity contribution < 1.29 is 9.90 Å². The van der Waals surface area contributed by atoms with Gasteiger partial charge >= 0.3 is 5.97 Å². The van der Waals surface area contributed by atoms with E-state index in [9.17, 15) is 9.90 Å². The Labute approximate surface area is 128 Å². The third kappa shape index (κ3) is 3.48. The highest BCUT2D eigenvalue weighted by Crippen LogP contribution is 2.45. The van der Waals surface area contributed by atoms with Crippen molar-refractivity contribution in [1.29, 1.82) is 0 Å². The lowest BCUT2D eigenvalue weighted by molar-refractivity contribution is -0.147. The van der Waals surface area contributed by atoms with Gasteiger partial charge in [-0.3, -0.25) is 4.79 Å². The molecule has 1 aromatic rings. The van der Waals surface area contributed by atoms with Crippen molar-refractivity contribution in [2.45, 2.75) is 70.1 Å². The van der Waals surface area contributed by atoms with Crippen molar-refractivity contribution in [2.24, 2.45) is 5.92 Å². The largest absolute Gasteiger partial charge is 0.481 e. The molecule has 1 aliphatic carbocycles. The molecular weight excluding hydrogens is 260 g/mol. The van der Waals surface area contributed by atoms with Crippen molar-refractivity contribution in [3.05, 3.63) is 35.9 Å². The number of carboxylic acids is 1. The molecule has 1 unspecified atom stereocenters. The lowest BCUT2D eigenvalue weighted by Gasteiger charge is -2.40. The van der Waals surface area contributed by atoms with E-state index in [2.05, 4.69) is 6.92 Å². The van der Waals surface area contributed by atoms with Crippen molar-refractivity contribution in [3.8, 4) is 0 Å². The number of hydrogen-bond donors (Lipinski definition) is 1. The summed E-state index contributed by atoms with van der Waals surface area (Å²) in [6, 6.07) is 9.98. The van der Waals surface area contributed by atoms with Gasteiger partial charge in [-0.15, -0.1) is 0 Å². The molecular formula is C19H28O2. The SMILES string of the molecule is CCCCCC(C(=O)O)(c1ccccc1)C1CCCCC1. The number of carboxylic acid groups (broad SMARTS) is 1. The third-order valence-electron chi connectivity index (χ3n) is 5.15. The van der Waals surface area contributed by atoms with E-state index >= 15 is 0 Å². The fourth-order valence-electron chi connectivity index (χ4n) is 3.97. The Hall–Kier alpha value is -1.31. The molecule has 1 aliphatic rings. The monoisotopic (exact) mass is 288 g/mol. The lowest BCUT2D eigenvalue weighted by atomic mass is 9.62. The molecule has 0 heterocycles. The Bertz CT molecular complexity index is 434. The Balaban J connectivity index is 2.35. The van der Waals surface area contributed by atoms with Gasteiger partial charge in [0.1, 0.15) is 0 Å². The number of rotatable bonds is 7. The molecule has 1 aromatic carbocycles. The van der Waals surface area contributed by atoms with Gasteiger partial charge in [0.05, 0.1) is 5.41 Å². The Kier molecular flexibility index (Phi) is 5.84. The van der Waals surface area contributed by atoms with Gasteiger partial charge in [0.2, 0.25) is 0 Å². The molecule has 21 heavy (non-hydrogen) atoms. The highest BCUT2D eigenvalue weighted by molar-refractivity contribution is 5.82. The first-order chi connectivity index (χ1) is 10.2. The van der Waals surface area contributed by atoms with E-state index in [1.54, 1.807) is 0 Å². The fraction of sp³-hybridized carbons (Fsp3) is 0.632. The highest BCUT2D eigenvalue weighted by Gasteiger charge is 2.46. The number of carbonyl (C=O) groups is 1. The first-order valence-electron chi connectivity index (χ1n) is 8.50. The first-order valence-corrected chi connectivity index (χ1v) is 8.50. The van der Waals surface area contributed by atoms with Crippen molar-refractivity contribution >= 4 is 5.97 Å². The van der Waals surface area contributed by atoms with Crippen LogP contribution in [0.1, 0.15) is 70.3 Å². The number of hydrogen-bond acceptors (Lipinski definition) is 1. The molecule has 1 N–H and O–H groups in total. The van der Waals surface area contributed by atoms with Crippen molar-refractivity contribution in [1.82, 2.24) is 0 Å². The number of unbranched alkanes of at least 4 members (excludes halogenated alkanes) is 2. The van der Waals surface area contributed by atoms with Crippen LogP contribution in [0.15, 0.2) is 30.3 Å². The van der Waals surface area contributed by atoms with E-state index < -0.39 is 11.4 Å². The smallest absolute Gasteiger partial charge is 0.314 e. The number of aliphatic carboxylic acids is 1. The molecule has 1 atom stereocenters. The molecule has 0 radical (unpaired) electrons. The second-order valence-corrected chi connectivity index (χ2v) is 6.43. The average molecular weight is 288 g/mol. The quantitative estimate of drug-likeness (QED) is 0.703. The summed E-state index contributed by atoms with van der Waals surface area (Å²) in [6.45, 7) is 2.17. The normalized spacial score (nSPS) is 19.1. The maximum absolute atomic E-state index is 12.3. The molecule has 1 fully saturated rings. The Morgan fingerprint density at radius 1 is 1.14 bits per heavy atom. The summed E-state index contributed by atoms with van der Waals surface area (Å²) in [5.74, 6) is -0.320. The molecule has 0 amide bonds. The molecule has 1 saturated carbocycles. The van der Waals surface area contributed by atoms with E-state index in [-0.39, 0.29) is 0 Å². The van der Waals surface area contributed by atoms with E-state index in [4.69, 9.17) is 0 Å². The van der Waals surface area contributed by atoms with Crippen LogP contribution in [0, 0.1) is 5.92 Å². The van der Waals surface area contributed by atoms with Crippen LogP contribution in [0.4, 0.5) is 0 Å². The third-order valence-corrected chi connectivity index (χ3v) is 5.15. The lowest BCUT2D eigenvalue weighted by Crippen LogP contribution is -2.44. The molecule has 0 saturated heterocycles. The van der Waals surface area contributed by atoms with Crippen LogP contribution in [-0.4, -0.2) is 11.1 Å². The van der Waals surface area contributed by atoms with Crippen LogP contribution in [0.25, 0.3) is 0 Å². The predicted octanol–water partition coefficient (Wildman–Crippen LogP) is 5.17. The van der Waals surface area contributed by atoms with Crippen LogP contribution < -0.4 is 0 Å². The molecule has 0 aromatic heterocycles. The van der Waals surface area contributed by atoms with Gasteiger partial charge in [-0.25, -0.2) is 0 Å². The van der Waals surface area contributed by atoms with Gasteiger partial charge in [0, 0.05) is 0 Å². The van der Waals surface area contributed by atoms with Gasteiger partial charge in [0.25, 0.3) is 0 Å². The van der Waals surface area contributed by atoms with Gasteiger partial charge in [-0.2, -0.15) is 0 Å². The van der Waals surface area contributed by atoms with Crippen LogP contribution in [-0.2, 0) is 10.2 Å². The standard InChI is InChI=1S/C19H28O2/c1-2-3-10-15-19(18(20)21,16-11-6-4-7-12-16)17-13-8-5-9-14-17/h4,6-7,11-12,17H,2-3,5,8-10,13-15H2,1H3,(H,20,21). The Morgan fingerprint density at radius 2 is 1.81 bits per heavy atom. The second kappa shape index (κ2) is 7.63. The van der Waals surface area contributed by atoms with Gasteiger partial charge in [-0.1, -0.05) is 75.8 Å². The van der Waals surface area contributed by atoms with E-state index in [0.717, 1.165) is 44.1 Å². The summed E-state index contributed by atoms with van der Waals surface area (Å²) in [7, 11) is 0.